The quantitative estimate of drug-likeness (QED) is 0.549. The van der Waals surface area contributed by atoms with Crippen molar-refractivity contribution in [3.63, 3.8) is 0 Å². The van der Waals surface area contributed by atoms with E-state index >= 15 is 0 Å². The molecule has 1 aromatic rings. The SMILES string of the molecule is COC(=O)NCCCc1cc([C@@H](C)N(C(=O)[C@H]2CCC[C@@H](CF)O2)C2CC2)cc(OC)n1. The minimum Gasteiger partial charge on any atom is -0.481 e. The van der Waals surface area contributed by atoms with Crippen molar-refractivity contribution in [1.29, 1.82) is 0 Å². The molecule has 2 amide bonds. The van der Waals surface area contributed by atoms with Crippen LogP contribution in [0.3, 0.4) is 0 Å². The number of hydrogen-bond acceptors (Lipinski definition) is 6. The lowest BCUT2D eigenvalue weighted by Crippen LogP contribution is -2.46. The van der Waals surface area contributed by atoms with Crippen LogP contribution in [-0.4, -0.2) is 67.6 Å². The van der Waals surface area contributed by atoms with Crippen LogP contribution in [0.15, 0.2) is 12.1 Å². The van der Waals surface area contributed by atoms with Crippen molar-refractivity contribution in [1.82, 2.24) is 15.2 Å². The fraction of sp³-hybridized carbons (Fsp3) is 0.696. The van der Waals surface area contributed by atoms with Crippen molar-refractivity contribution in [3.05, 3.63) is 23.4 Å². The average Bonchev–Trinajstić information content (AvgIpc) is 3.66. The van der Waals surface area contributed by atoms with E-state index in [1.54, 1.807) is 7.11 Å². The Labute approximate surface area is 188 Å². The van der Waals surface area contributed by atoms with Crippen molar-refractivity contribution in [2.24, 2.45) is 0 Å². The van der Waals surface area contributed by atoms with E-state index < -0.39 is 25.0 Å². The largest absolute Gasteiger partial charge is 0.481 e. The van der Waals surface area contributed by atoms with Gasteiger partial charge in [0.1, 0.15) is 12.8 Å². The van der Waals surface area contributed by atoms with Crippen molar-refractivity contribution in [2.45, 2.75) is 76.2 Å². The lowest BCUT2D eigenvalue weighted by molar-refractivity contribution is -0.156. The molecule has 9 heteroatoms. The van der Waals surface area contributed by atoms with Crippen molar-refractivity contribution in [2.75, 3.05) is 27.4 Å². The Balaban J connectivity index is 1.72. The molecule has 1 aliphatic carbocycles. The second-order valence-corrected chi connectivity index (χ2v) is 8.44. The smallest absolute Gasteiger partial charge is 0.406 e. The molecule has 3 rings (SSSR count). The Morgan fingerprint density at radius 2 is 2.06 bits per heavy atom. The standard InChI is InChI=1S/C23H34FN3O5/c1-15(27(18-9-10-18)22(28)20-8-4-7-19(14-24)32-20)16-12-17(26-21(13-16)30-2)6-5-11-25-23(29)31-3/h12-13,15,18-20H,4-11,14H2,1-3H3,(H,25,29)/t15-,19+,20-/m1/s1. The number of alkyl carbamates (subject to hydrolysis) is 1. The number of aromatic nitrogens is 1. The summed E-state index contributed by atoms with van der Waals surface area (Å²) in [6.45, 7) is 1.92. The highest BCUT2D eigenvalue weighted by molar-refractivity contribution is 5.82. The molecule has 32 heavy (non-hydrogen) atoms. The molecule has 1 saturated heterocycles. The Morgan fingerprint density at radius 3 is 2.72 bits per heavy atom. The number of alkyl halides is 1. The molecule has 1 saturated carbocycles. The number of ether oxygens (including phenoxy) is 3. The predicted molar refractivity (Wildman–Crippen MR) is 116 cm³/mol. The van der Waals surface area contributed by atoms with Crippen LogP contribution in [-0.2, 0) is 20.7 Å². The van der Waals surface area contributed by atoms with Gasteiger partial charge in [0.05, 0.1) is 26.4 Å². The van der Waals surface area contributed by atoms with Crippen LogP contribution in [0.2, 0.25) is 0 Å². The molecule has 2 aliphatic rings. The van der Waals surface area contributed by atoms with Gasteiger partial charge in [-0.1, -0.05) is 0 Å². The molecule has 178 valence electrons. The van der Waals surface area contributed by atoms with Gasteiger partial charge in [-0.25, -0.2) is 14.2 Å². The lowest BCUT2D eigenvalue weighted by atomic mass is 10.0. The number of halogens is 1. The third-order valence-electron chi connectivity index (χ3n) is 6.04. The summed E-state index contributed by atoms with van der Waals surface area (Å²) in [5.41, 5.74) is 1.76. The molecular formula is C23H34FN3O5. The number of methoxy groups -OCH3 is 2. The second-order valence-electron chi connectivity index (χ2n) is 8.44. The van der Waals surface area contributed by atoms with Crippen molar-refractivity contribution < 1.29 is 28.2 Å². The fourth-order valence-corrected chi connectivity index (χ4v) is 4.15. The molecule has 3 atom stereocenters. The van der Waals surface area contributed by atoms with E-state index in [0.29, 0.717) is 38.1 Å². The number of pyridine rings is 1. The Bertz CT molecular complexity index is 789. The number of hydrogen-bond donors (Lipinski definition) is 1. The summed E-state index contributed by atoms with van der Waals surface area (Å²) in [4.78, 5) is 31.0. The third-order valence-corrected chi connectivity index (χ3v) is 6.04. The predicted octanol–water partition coefficient (Wildman–Crippen LogP) is 3.34. The van der Waals surface area contributed by atoms with Gasteiger partial charge in [-0.05, 0) is 63.5 Å². The topological polar surface area (TPSA) is 90.0 Å². The zero-order valence-corrected chi connectivity index (χ0v) is 19.1. The maximum atomic E-state index is 13.4. The van der Waals surface area contributed by atoms with Crippen LogP contribution in [0.5, 0.6) is 5.88 Å². The van der Waals surface area contributed by atoms with Crippen molar-refractivity contribution >= 4 is 12.0 Å². The van der Waals surface area contributed by atoms with Gasteiger partial charge in [0.15, 0.2) is 0 Å². The number of rotatable bonds is 10. The number of amides is 2. The van der Waals surface area contributed by atoms with Crippen LogP contribution in [0.4, 0.5) is 9.18 Å². The van der Waals surface area contributed by atoms with Crippen LogP contribution in [0.1, 0.15) is 62.7 Å². The summed E-state index contributed by atoms with van der Waals surface area (Å²) in [6, 6.07) is 3.84. The van der Waals surface area contributed by atoms with Gasteiger partial charge >= 0.3 is 6.09 Å². The molecule has 0 aromatic carbocycles. The summed E-state index contributed by atoms with van der Waals surface area (Å²) < 4.78 is 28.9. The van der Waals surface area contributed by atoms with Gasteiger partial charge < -0.3 is 24.4 Å². The van der Waals surface area contributed by atoms with Gasteiger partial charge in [0.25, 0.3) is 5.91 Å². The van der Waals surface area contributed by atoms with Crippen LogP contribution >= 0.6 is 0 Å². The maximum Gasteiger partial charge on any atom is 0.406 e. The molecule has 0 spiro atoms. The van der Waals surface area contributed by atoms with Gasteiger partial charge in [0.2, 0.25) is 5.88 Å². The molecule has 8 nitrogen and oxygen atoms in total. The van der Waals surface area contributed by atoms with E-state index in [9.17, 15) is 14.0 Å². The average molecular weight is 452 g/mol. The van der Waals surface area contributed by atoms with Crippen LogP contribution < -0.4 is 10.1 Å². The molecule has 0 radical (unpaired) electrons. The Morgan fingerprint density at radius 1 is 1.28 bits per heavy atom. The Hall–Kier alpha value is -2.42. The first-order valence-corrected chi connectivity index (χ1v) is 11.4. The van der Waals surface area contributed by atoms with Gasteiger partial charge in [-0.3, -0.25) is 4.79 Å². The zero-order valence-electron chi connectivity index (χ0n) is 19.1. The molecule has 2 fully saturated rings. The first kappa shape index (κ1) is 24.2. The lowest BCUT2D eigenvalue weighted by Gasteiger charge is -2.36. The molecule has 1 aromatic heterocycles. The number of nitrogens with one attached hydrogen (secondary N) is 1. The second kappa shape index (κ2) is 11.4. The van der Waals surface area contributed by atoms with E-state index in [1.165, 1.54) is 7.11 Å². The molecule has 0 bridgehead atoms. The molecule has 1 N–H and O–H groups in total. The maximum absolute atomic E-state index is 13.4. The minimum absolute atomic E-state index is 0.0576. The highest BCUT2D eigenvalue weighted by Crippen LogP contribution is 2.37. The molecular weight excluding hydrogens is 417 g/mol. The number of carbonyl (C=O) groups excluding carboxylic acids is 2. The summed E-state index contributed by atoms with van der Waals surface area (Å²) >= 11 is 0. The summed E-state index contributed by atoms with van der Waals surface area (Å²) in [5, 5.41) is 2.66. The van der Waals surface area contributed by atoms with E-state index in [0.717, 1.165) is 30.5 Å². The highest BCUT2D eigenvalue weighted by atomic mass is 19.1. The van der Waals surface area contributed by atoms with Crippen LogP contribution in [0.25, 0.3) is 0 Å². The van der Waals surface area contributed by atoms with E-state index in [2.05, 4.69) is 15.0 Å². The number of aryl methyl sites for hydroxylation is 1. The fourth-order valence-electron chi connectivity index (χ4n) is 4.15. The molecule has 0 unspecified atom stereocenters. The summed E-state index contributed by atoms with van der Waals surface area (Å²) in [7, 11) is 2.89. The van der Waals surface area contributed by atoms with Crippen LogP contribution in [0, 0.1) is 0 Å². The monoisotopic (exact) mass is 451 g/mol. The minimum atomic E-state index is -0.583. The van der Waals surface area contributed by atoms with Gasteiger partial charge in [-0.2, -0.15) is 0 Å². The van der Waals surface area contributed by atoms with Gasteiger partial charge in [-0.15, -0.1) is 0 Å². The first-order chi connectivity index (χ1) is 15.5. The van der Waals surface area contributed by atoms with Gasteiger partial charge in [0, 0.05) is 24.3 Å². The number of nitrogens with zero attached hydrogens (tertiary/aromatic N) is 2. The molecule has 1 aliphatic heterocycles. The number of carbonyl (C=O) groups is 2. The molecule has 2 heterocycles. The zero-order chi connectivity index (χ0) is 23.1. The Kier molecular flexibility index (Phi) is 8.67. The highest BCUT2D eigenvalue weighted by Gasteiger charge is 2.41. The summed E-state index contributed by atoms with van der Waals surface area (Å²) in [6.07, 6.45) is 3.81. The first-order valence-electron chi connectivity index (χ1n) is 11.4. The normalized spacial score (nSPS) is 21.5. The summed E-state index contributed by atoms with van der Waals surface area (Å²) in [5.74, 6) is 0.428. The van der Waals surface area contributed by atoms with E-state index in [1.807, 2.05) is 24.0 Å². The van der Waals surface area contributed by atoms with E-state index in [-0.39, 0.29) is 18.0 Å². The van der Waals surface area contributed by atoms with Crippen molar-refractivity contribution in [3.8, 4) is 5.88 Å². The van der Waals surface area contributed by atoms with E-state index in [4.69, 9.17) is 9.47 Å². The third kappa shape index (κ3) is 6.31.